The second kappa shape index (κ2) is 78.3. The van der Waals surface area contributed by atoms with Gasteiger partial charge >= 0.3 is 31.7 Å². The largest absolute Gasteiger partial charge is 0.470 e. The molecule has 20 nitrogen and oxygen atoms in total. The van der Waals surface area contributed by atoms with Gasteiger partial charge in [-0.2, -0.15) is 0 Å². The number of aliphatic hydroxyl groups excluding tert-OH is 2. The molecule has 9 atom stereocenters. The van der Waals surface area contributed by atoms with Crippen molar-refractivity contribution in [1.82, 2.24) is 10.6 Å². The van der Waals surface area contributed by atoms with Crippen LogP contribution in [0.5, 0.6) is 0 Å². The number of amides is 2. The first kappa shape index (κ1) is 109. The van der Waals surface area contributed by atoms with E-state index >= 15 is 0 Å². The third-order valence-electron chi connectivity index (χ3n) is 22.7. The molecule has 0 saturated carbocycles. The van der Waals surface area contributed by atoms with Crippen molar-refractivity contribution < 1.29 is 86.3 Å². The van der Waals surface area contributed by atoms with Gasteiger partial charge in [-0.3, -0.25) is 33.3 Å². The summed E-state index contributed by atoms with van der Waals surface area (Å²) < 4.78 is 55.8. The molecule has 0 radical (unpaired) electrons. The Bertz CT molecular complexity index is 2300. The SMILES string of the molecule is CCCCCCCCCCCCCC(=O)O[C@H](CCCCCCCCCCC)CC(=O)N[C@@H](CO)CO[C@@H]1O[C@H](CO)[C@@H](OP(=O)(O)O)[C@H](OC(=O)C[C@@H](CCCCCCCCCCC)OC(=O)CCCCCCCCCCCCC)[C@H]1NC(=O)C[C@@H](CCCCCCCCCCC)OC(=O)CCCCCCCCCCCCC. The number of carbonyl (C=O) groups excluding carboxylic acids is 6. The summed E-state index contributed by atoms with van der Waals surface area (Å²) >= 11 is 0. The Morgan fingerprint density at radius 1 is 0.351 bits per heavy atom. The number of aliphatic hydroxyl groups is 2. The maximum Gasteiger partial charge on any atom is 0.470 e. The minimum Gasteiger partial charge on any atom is -0.462 e. The lowest BCUT2D eigenvalue weighted by molar-refractivity contribution is -0.272. The molecule has 0 bridgehead atoms. The van der Waals surface area contributed by atoms with Crippen LogP contribution in [0.25, 0.3) is 0 Å². The molecule has 0 aromatic rings. The standard InChI is InChI=1S/C93H177N2O18P/c1-7-13-19-25-31-37-40-46-52-58-64-70-86(100)108-80(67-61-55-49-43-34-28-22-16-10-4)73-84(98)94-79(76-96)78-107-93-90(95-85(99)74-81(68-62-56-50-44-35-29-23-17-11-5)109-87(101)71-65-59-53-47-41-38-32-26-20-14-8-2)92(91(83(77-97)111-93)113-114(104,105)106)112-89(103)75-82(69-63-57-51-45-36-30-24-18-12-6)110-88(102)72-66-60-54-48-42-39-33-27-21-15-9-3/h79-83,90-93,96-97H,7-78H2,1-6H3,(H,94,98)(H,95,99)(H2,104,105,106)/t79-,80+,81+,82+,83+,90+,91+,92+,93+/m0/s1. The lowest BCUT2D eigenvalue weighted by Gasteiger charge is -2.45. The predicted octanol–water partition coefficient (Wildman–Crippen LogP) is 23.8. The molecule has 0 aromatic carbocycles. The summed E-state index contributed by atoms with van der Waals surface area (Å²) in [6.45, 7) is 11.1. The zero-order valence-electron chi connectivity index (χ0n) is 74.1. The normalized spacial score (nSPS) is 16.8. The molecule has 1 fully saturated rings. The summed E-state index contributed by atoms with van der Waals surface area (Å²) in [5.41, 5.74) is 0. The molecule has 0 aliphatic carbocycles. The van der Waals surface area contributed by atoms with Crippen molar-refractivity contribution in [2.24, 2.45) is 0 Å². The van der Waals surface area contributed by atoms with Crippen LogP contribution < -0.4 is 10.6 Å². The summed E-state index contributed by atoms with van der Waals surface area (Å²) in [5, 5.41) is 27.7. The van der Waals surface area contributed by atoms with E-state index in [4.69, 9.17) is 32.9 Å². The molecule has 2 amide bonds. The van der Waals surface area contributed by atoms with Crippen LogP contribution in [0, 0.1) is 0 Å². The minimum atomic E-state index is -5.53. The number of unbranched alkanes of at least 4 members (excludes halogenated alkanes) is 54. The molecule has 21 heteroatoms. The van der Waals surface area contributed by atoms with Crippen LogP contribution in [0.2, 0.25) is 0 Å². The molecular weight excluding hydrogens is 1460 g/mol. The van der Waals surface area contributed by atoms with Crippen LogP contribution in [-0.2, 0) is 66.3 Å². The summed E-state index contributed by atoms with van der Waals surface area (Å²) in [7, 11) is -5.53. The maximum atomic E-state index is 15.0. The molecule has 6 N–H and O–H groups in total. The van der Waals surface area contributed by atoms with E-state index in [1.807, 2.05) is 0 Å². The van der Waals surface area contributed by atoms with E-state index in [9.17, 15) is 53.3 Å². The number of nitrogens with one attached hydrogen (secondary N) is 2. The lowest BCUT2D eigenvalue weighted by Crippen LogP contribution is -2.66. The van der Waals surface area contributed by atoms with Gasteiger partial charge in [-0.15, -0.1) is 0 Å². The Labute approximate surface area is 696 Å². The highest BCUT2D eigenvalue weighted by atomic mass is 31.2. The second-order valence-corrected chi connectivity index (χ2v) is 35.0. The van der Waals surface area contributed by atoms with Crippen molar-refractivity contribution in [2.45, 2.75) is 540 Å². The van der Waals surface area contributed by atoms with Gasteiger partial charge in [-0.1, -0.05) is 388 Å². The fraction of sp³-hybridized carbons (Fsp3) is 0.935. The van der Waals surface area contributed by atoms with E-state index in [0.29, 0.717) is 51.4 Å². The van der Waals surface area contributed by atoms with Crippen LogP contribution in [0.3, 0.4) is 0 Å². The Kier molecular flexibility index (Phi) is 74.7. The molecule has 1 aliphatic heterocycles. The summed E-state index contributed by atoms with van der Waals surface area (Å²) in [5.74, 6) is -3.47. The summed E-state index contributed by atoms with van der Waals surface area (Å²) in [6, 6.07) is -2.81. The quantitative estimate of drug-likeness (QED) is 0.0143. The molecule has 1 rings (SSSR count). The fourth-order valence-corrected chi connectivity index (χ4v) is 16.2. The Hall–Kier alpha value is -3.23. The van der Waals surface area contributed by atoms with Crippen LogP contribution in [-0.4, -0.2) is 131 Å². The van der Waals surface area contributed by atoms with Crippen LogP contribution in [0.4, 0.5) is 0 Å². The zero-order valence-corrected chi connectivity index (χ0v) is 75.0. The van der Waals surface area contributed by atoms with Gasteiger partial charge < -0.3 is 59.1 Å². The third-order valence-corrected chi connectivity index (χ3v) is 23.2. The topological polar surface area (TPSA) is 289 Å². The lowest BCUT2D eigenvalue weighted by atomic mass is 9.95. The van der Waals surface area contributed by atoms with E-state index < -0.39 is 119 Å². The first-order valence-corrected chi connectivity index (χ1v) is 49.6. The monoisotopic (exact) mass is 1640 g/mol. The van der Waals surface area contributed by atoms with Gasteiger partial charge in [0.15, 0.2) is 12.4 Å². The van der Waals surface area contributed by atoms with E-state index in [-0.39, 0.29) is 38.1 Å². The number of carbonyl (C=O) groups is 6. The van der Waals surface area contributed by atoms with E-state index in [1.165, 1.54) is 180 Å². The van der Waals surface area contributed by atoms with E-state index in [0.717, 1.165) is 173 Å². The highest BCUT2D eigenvalue weighted by Gasteiger charge is 2.52. The average Bonchev–Trinajstić information content (AvgIpc) is 0.780. The highest BCUT2D eigenvalue weighted by molar-refractivity contribution is 7.46. The summed E-state index contributed by atoms with van der Waals surface area (Å²) in [4.78, 5) is 106. The van der Waals surface area contributed by atoms with Gasteiger partial charge in [0.05, 0.1) is 45.1 Å². The van der Waals surface area contributed by atoms with Crippen molar-refractivity contribution >= 4 is 43.5 Å². The number of hydrogen-bond acceptors (Lipinski definition) is 16. The average molecular weight is 1640 g/mol. The third kappa shape index (κ3) is 65.6. The van der Waals surface area contributed by atoms with Crippen molar-refractivity contribution in [3.05, 3.63) is 0 Å². The smallest absolute Gasteiger partial charge is 0.462 e. The molecular formula is C93H177N2O18P. The number of hydrogen-bond donors (Lipinski definition) is 6. The molecule has 672 valence electrons. The van der Waals surface area contributed by atoms with Gasteiger partial charge in [0.25, 0.3) is 0 Å². The maximum absolute atomic E-state index is 15.0. The predicted molar refractivity (Wildman–Crippen MR) is 462 cm³/mol. The van der Waals surface area contributed by atoms with E-state index in [1.54, 1.807) is 0 Å². The Morgan fingerprint density at radius 3 is 0.904 bits per heavy atom. The van der Waals surface area contributed by atoms with Gasteiger partial charge in [-0.25, -0.2) is 4.57 Å². The van der Waals surface area contributed by atoms with Crippen molar-refractivity contribution in [3.8, 4) is 0 Å². The Morgan fingerprint density at radius 2 is 0.623 bits per heavy atom. The van der Waals surface area contributed by atoms with Crippen LogP contribution in [0.15, 0.2) is 0 Å². The number of rotatable bonds is 85. The Balaban J connectivity index is 3.78. The van der Waals surface area contributed by atoms with Crippen molar-refractivity contribution in [2.75, 3.05) is 19.8 Å². The first-order chi connectivity index (χ1) is 55.5. The van der Waals surface area contributed by atoms with Gasteiger partial charge in [0, 0.05) is 19.3 Å². The molecule has 114 heavy (non-hydrogen) atoms. The minimum absolute atomic E-state index is 0.154. The molecule has 1 saturated heterocycles. The van der Waals surface area contributed by atoms with Gasteiger partial charge in [0.1, 0.15) is 36.6 Å². The highest BCUT2D eigenvalue weighted by Crippen LogP contribution is 2.43. The fourth-order valence-electron chi connectivity index (χ4n) is 15.6. The van der Waals surface area contributed by atoms with Crippen LogP contribution in [0.1, 0.15) is 485 Å². The van der Waals surface area contributed by atoms with E-state index in [2.05, 4.69) is 52.2 Å². The van der Waals surface area contributed by atoms with Gasteiger partial charge in [-0.05, 0) is 57.8 Å². The number of phosphoric ester groups is 1. The number of esters is 4. The first-order valence-electron chi connectivity index (χ1n) is 48.1. The molecule has 0 aromatic heterocycles. The van der Waals surface area contributed by atoms with Crippen LogP contribution >= 0.6 is 7.82 Å². The van der Waals surface area contributed by atoms with Crippen molar-refractivity contribution in [1.29, 1.82) is 0 Å². The summed E-state index contributed by atoms with van der Waals surface area (Å²) in [6.07, 6.45) is 56.3. The molecule has 1 aliphatic rings. The molecule has 0 unspecified atom stereocenters. The molecule has 0 spiro atoms. The number of ether oxygens (including phenoxy) is 6. The van der Waals surface area contributed by atoms with Crippen molar-refractivity contribution in [3.63, 3.8) is 0 Å². The second-order valence-electron chi connectivity index (χ2n) is 33.8. The number of phosphoric acid groups is 1. The molecule has 1 heterocycles. The zero-order chi connectivity index (χ0) is 83.4. The van der Waals surface area contributed by atoms with Gasteiger partial charge in [0.2, 0.25) is 11.8 Å².